The van der Waals surface area contributed by atoms with Crippen LogP contribution in [-0.2, 0) is 22.7 Å². The maximum Gasteiger partial charge on any atom is 0.240 e. The van der Waals surface area contributed by atoms with Crippen molar-refractivity contribution in [1.29, 1.82) is 0 Å². The topological polar surface area (TPSA) is 74.3 Å². The minimum atomic E-state index is -0.139. The monoisotopic (exact) mass is 400 g/mol. The summed E-state index contributed by atoms with van der Waals surface area (Å²) in [6.07, 6.45) is 0.800. The molecule has 3 aromatic rings. The van der Waals surface area contributed by atoms with Gasteiger partial charge < -0.3 is 15.5 Å². The fourth-order valence-electron chi connectivity index (χ4n) is 4.54. The Bertz CT molecular complexity index is 1120. The van der Waals surface area contributed by atoms with E-state index in [4.69, 9.17) is 0 Å². The number of anilines is 1. The number of pyridine rings is 1. The second-order valence-electron chi connectivity index (χ2n) is 8.19. The molecule has 2 N–H and O–H groups in total. The zero-order chi connectivity index (χ0) is 20.7. The van der Waals surface area contributed by atoms with E-state index in [1.54, 1.807) is 0 Å². The number of hydrogen-bond acceptors (Lipinski definition) is 4. The number of hydrogen-bond donors (Lipinski definition) is 2. The molecule has 1 aromatic heterocycles. The zero-order valence-electron chi connectivity index (χ0n) is 16.9. The van der Waals surface area contributed by atoms with Gasteiger partial charge in [0.15, 0.2) is 0 Å². The van der Waals surface area contributed by atoms with Gasteiger partial charge in [0.2, 0.25) is 11.8 Å². The number of aromatic nitrogens is 1. The van der Waals surface area contributed by atoms with Crippen LogP contribution in [0.4, 0.5) is 5.82 Å². The Balaban J connectivity index is 1.28. The van der Waals surface area contributed by atoms with Crippen molar-refractivity contribution < 1.29 is 9.59 Å². The van der Waals surface area contributed by atoms with E-state index in [9.17, 15) is 9.59 Å². The van der Waals surface area contributed by atoms with E-state index in [1.807, 2.05) is 35.2 Å². The number of benzene rings is 2. The third-order valence-corrected chi connectivity index (χ3v) is 6.07. The largest absolute Gasteiger partial charge is 0.333 e. The van der Waals surface area contributed by atoms with Crippen LogP contribution in [0.15, 0.2) is 54.6 Å². The van der Waals surface area contributed by atoms with Crippen molar-refractivity contribution in [3.8, 4) is 0 Å². The van der Waals surface area contributed by atoms with Crippen LogP contribution in [0.3, 0.4) is 0 Å². The molecule has 0 bridgehead atoms. The summed E-state index contributed by atoms with van der Waals surface area (Å²) >= 11 is 0. The van der Waals surface area contributed by atoms with Gasteiger partial charge in [0.1, 0.15) is 5.82 Å². The third kappa shape index (κ3) is 3.55. The lowest BCUT2D eigenvalue weighted by molar-refractivity contribution is -0.133. The molecule has 0 unspecified atom stereocenters. The summed E-state index contributed by atoms with van der Waals surface area (Å²) in [5.74, 6) is 0.911. The quantitative estimate of drug-likeness (QED) is 0.708. The van der Waals surface area contributed by atoms with Crippen molar-refractivity contribution >= 4 is 28.5 Å². The van der Waals surface area contributed by atoms with Gasteiger partial charge in [0, 0.05) is 31.9 Å². The minimum absolute atomic E-state index is 0.132. The van der Waals surface area contributed by atoms with Crippen LogP contribution in [-0.4, -0.2) is 34.3 Å². The second-order valence-corrected chi connectivity index (χ2v) is 8.19. The maximum absolute atomic E-state index is 13.0. The summed E-state index contributed by atoms with van der Waals surface area (Å²) in [5.41, 5.74) is 4.56. The fraction of sp³-hybridized carbons (Fsp3) is 0.292. The Kier molecular flexibility index (Phi) is 4.71. The first-order valence-electron chi connectivity index (χ1n) is 10.3. The van der Waals surface area contributed by atoms with E-state index in [2.05, 4.69) is 39.9 Å². The van der Waals surface area contributed by atoms with Gasteiger partial charge in [-0.2, -0.15) is 0 Å². The molecule has 0 spiro atoms. The number of fused-ring (bicyclic) bond motifs is 2. The van der Waals surface area contributed by atoms with Gasteiger partial charge in [0.25, 0.3) is 0 Å². The molecule has 2 aliphatic heterocycles. The van der Waals surface area contributed by atoms with Crippen LogP contribution in [0.25, 0.3) is 10.9 Å². The summed E-state index contributed by atoms with van der Waals surface area (Å²) in [5, 5.41) is 7.18. The number of amides is 2. The predicted molar refractivity (Wildman–Crippen MR) is 116 cm³/mol. The third-order valence-electron chi connectivity index (χ3n) is 6.07. The molecule has 6 nitrogen and oxygen atoms in total. The summed E-state index contributed by atoms with van der Waals surface area (Å²) in [6, 6.07) is 18.1. The average Bonchev–Trinajstić information content (AvgIpc) is 3.40. The second kappa shape index (κ2) is 7.54. The van der Waals surface area contributed by atoms with Crippen LogP contribution in [0.2, 0.25) is 0 Å². The van der Waals surface area contributed by atoms with Crippen molar-refractivity contribution in [2.45, 2.75) is 38.4 Å². The van der Waals surface area contributed by atoms with E-state index < -0.39 is 0 Å². The molecular formula is C24H24N4O2. The Hall–Kier alpha value is -3.25. The van der Waals surface area contributed by atoms with Crippen LogP contribution in [0.5, 0.6) is 0 Å². The molecule has 30 heavy (non-hydrogen) atoms. The van der Waals surface area contributed by atoms with Crippen LogP contribution >= 0.6 is 0 Å². The van der Waals surface area contributed by atoms with E-state index >= 15 is 0 Å². The van der Waals surface area contributed by atoms with Gasteiger partial charge in [-0.3, -0.25) is 9.59 Å². The highest BCUT2D eigenvalue weighted by Crippen LogP contribution is 2.31. The molecule has 6 heteroatoms. The average molecular weight is 400 g/mol. The lowest BCUT2D eigenvalue weighted by atomic mass is 9.94. The molecule has 0 radical (unpaired) electrons. The van der Waals surface area contributed by atoms with Gasteiger partial charge in [-0.1, -0.05) is 30.3 Å². The SMILES string of the molecule is CC(=O)Nc1ccc2cc([C@H]3CN[C@@H](C(=O)N4Cc5ccccc5C4)C3)ccc2n1. The van der Waals surface area contributed by atoms with Crippen LogP contribution in [0, 0.1) is 0 Å². The fourth-order valence-corrected chi connectivity index (χ4v) is 4.54. The number of rotatable bonds is 3. The van der Waals surface area contributed by atoms with Gasteiger partial charge in [0.05, 0.1) is 11.6 Å². The standard InChI is InChI=1S/C24H24N4O2/c1-15(29)26-23-9-7-17-10-16(6-8-21(17)27-23)20-11-22(25-12-20)24(30)28-13-18-4-2-3-5-19(18)14-28/h2-10,20,22,25H,11-14H2,1H3,(H,26,27,29)/t20-,22-/m1/s1. The highest BCUT2D eigenvalue weighted by molar-refractivity contribution is 5.90. The maximum atomic E-state index is 13.0. The molecule has 0 saturated carbocycles. The number of nitrogens with one attached hydrogen (secondary N) is 2. The van der Waals surface area contributed by atoms with Crippen molar-refractivity contribution in [3.63, 3.8) is 0 Å². The lowest BCUT2D eigenvalue weighted by Crippen LogP contribution is -2.40. The molecule has 1 fully saturated rings. The number of carbonyl (C=O) groups excluding carboxylic acids is 2. The molecular weight excluding hydrogens is 376 g/mol. The van der Waals surface area contributed by atoms with Gasteiger partial charge in [-0.05, 0) is 53.3 Å². The Labute approximate surface area is 175 Å². The summed E-state index contributed by atoms with van der Waals surface area (Å²) in [7, 11) is 0. The first-order chi connectivity index (χ1) is 14.6. The first-order valence-corrected chi connectivity index (χ1v) is 10.3. The molecule has 5 rings (SSSR count). The molecule has 2 amide bonds. The highest BCUT2D eigenvalue weighted by atomic mass is 16.2. The van der Waals surface area contributed by atoms with E-state index in [0.717, 1.165) is 23.9 Å². The Morgan fingerprint density at radius 1 is 1.07 bits per heavy atom. The minimum Gasteiger partial charge on any atom is -0.333 e. The van der Waals surface area contributed by atoms with Gasteiger partial charge >= 0.3 is 0 Å². The first kappa shape index (κ1) is 18.8. The molecule has 2 atom stereocenters. The molecule has 1 saturated heterocycles. The molecule has 0 aliphatic carbocycles. The normalized spacial score (nSPS) is 20.4. The summed E-state index contributed by atoms with van der Waals surface area (Å²) in [4.78, 5) is 30.7. The van der Waals surface area contributed by atoms with Gasteiger partial charge in [-0.25, -0.2) is 4.98 Å². The Morgan fingerprint density at radius 3 is 2.57 bits per heavy atom. The zero-order valence-corrected chi connectivity index (χ0v) is 16.9. The summed E-state index contributed by atoms with van der Waals surface area (Å²) in [6.45, 7) is 3.67. The van der Waals surface area contributed by atoms with Crippen molar-refractivity contribution in [2.75, 3.05) is 11.9 Å². The lowest BCUT2D eigenvalue weighted by Gasteiger charge is -2.20. The van der Waals surface area contributed by atoms with Crippen LogP contribution in [0.1, 0.15) is 36.0 Å². The number of carbonyl (C=O) groups is 2. The van der Waals surface area contributed by atoms with Gasteiger partial charge in [-0.15, -0.1) is 0 Å². The molecule has 2 aromatic carbocycles. The van der Waals surface area contributed by atoms with E-state index in [1.165, 1.54) is 23.6 Å². The molecule has 152 valence electrons. The summed E-state index contributed by atoms with van der Waals surface area (Å²) < 4.78 is 0. The van der Waals surface area contributed by atoms with Crippen molar-refractivity contribution in [3.05, 3.63) is 71.3 Å². The van der Waals surface area contributed by atoms with E-state index in [0.29, 0.717) is 24.8 Å². The smallest absolute Gasteiger partial charge is 0.240 e. The van der Waals surface area contributed by atoms with E-state index in [-0.39, 0.29) is 17.9 Å². The molecule has 3 heterocycles. The van der Waals surface area contributed by atoms with Crippen molar-refractivity contribution in [1.82, 2.24) is 15.2 Å². The predicted octanol–water partition coefficient (Wildman–Crippen LogP) is 3.18. The van der Waals surface area contributed by atoms with Crippen molar-refractivity contribution in [2.24, 2.45) is 0 Å². The molecule has 2 aliphatic rings. The van der Waals surface area contributed by atoms with Crippen LogP contribution < -0.4 is 10.6 Å². The Morgan fingerprint density at radius 2 is 1.83 bits per heavy atom. The number of nitrogens with zero attached hydrogens (tertiary/aromatic N) is 2. The highest BCUT2D eigenvalue weighted by Gasteiger charge is 2.35.